The molecule has 0 atom stereocenters. The Balaban J connectivity index is 2.54. The van der Waals surface area contributed by atoms with Crippen LogP contribution in [0.2, 0.25) is 0 Å². The third kappa shape index (κ3) is 2.16. The number of aliphatic hydroxyl groups is 2. The van der Waals surface area contributed by atoms with Gasteiger partial charge in [-0.05, 0) is 46.4 Å². The molecular weight excluding hydrogens is 307 g/mol. The van der Waals surface area contributed by atoms with Crippen LogP contribution in [0.3, 0.4) is 0 Å². The van der Waals surface area contributed by atoms with E-state index in [4.69, 9.17) is 14.6 Å². The number of halogens is 1. The molecule has 80 valence electrons. The first kappa shape index (κ1) is 10.9. The first-order valence-corrected chi connectivity index (χ1v) is 5.75. The Morgan fingerprint density at radius 1 is 1.20 bits per heavy atom. The summed E-state index contributed by atoms with van der Waals surface area (Å²) in [5.41, 5.74) is 1.71. The minimum absolute atomic E-state index is 0.0342. The highest BCUT2D eigenvalue weighted by atomic mass is 127. The normalized spacial score (nSPS) is 11.1. The topological polar surface area (TPSA) is 53.6 Å². The molecule has 0 unspecified atom stereocenters. The average Bonchev–Trinajstić information content (AvgIpc) is 2.61. The fraction of sp³-hybridized carbons (Fsp3) is 0.273. The van der Waals surface area contributed by atoms with Gasteiger partial charge in [0.1, 0.15) is 11.3 Å². The summed E-state index contributed by atoms with van der Waals surface area (Å²) in [7, 11) is 0. The SMILES string of the molecule is OCCc1cc2cc(CO)cc(I)c2o1. The highest BCUT2D eigenvalue weighted by molar-refractivity contribution is 14.1. The molecule has 2 N–H and O–H groups in total. The summed E-state index contributed by atoms with van der Waals surface area (Å²) >= 11 is 2.18. The van der Waals surface area contributed by atoms with Crippen LogP contribution in [0.15, 0.2) is 22.6 Å². The summed E-state index contributed by atoms with van der Waals surface area (Å²) in [5.74, 6) is 0.778. The van der Waals surface area contributed by atoms with Gasteiger partial charge in [0.25, 0.3) is 0 Å². The molecule has 1 heterocycles. The van der Waals surface area contributed by atoms with Crippen LogP contribution in [-0.2, 0) is 13.0 Å². The second-order valence-corrected chi connectivity index (χ2v) is 4.50. The van der Waals surface area contributed by atoms with Crippen LogP contribution < -0.4 is 0 Å². The van der Waals surface area contributed by atoms with Crippen molar-refractivity contribution in [3.8, 4) is 0 Å². The zero-order valence-corrected chi connectivity index (χ0v) is 10.2. The van der Waals surface area contributed by atoms with Gasteiger partial charge >= 0.3 is 0 Å². The maximum atomic E-state index is 9.06. The molecule has 2 rings (SSSR count). The first-order chi connectivity index (χ1) is 7.24. The Morgan fingerprint density at radius 3 is 2.67 bits per heavy atom. The molecule has 0 radical (unpaired) electrons. The second kappa shape index (κ2) is 4.51. The van der Waals surface area contributed by atoms with Gasteiger partial charge in [0, 0.05) is 11.8 Å². The number of hydrogen-bond donors (Lipinski definition) is 2. The molecule has 1 aromatic carbocycles. The smallest absolute Gasteiger partial charge is 0.147 e. The molecule has 1 aromatic heterocycles. The largest absolute Gasteiger partial charge is 0.460 e. The summed E-state index contributed by atoms with van der Waals surface area (Å²) in [6.07, 6.45) is 0.527. The first-order valence-electron chi connectivity index (χ1n) is 4.67. The zero-order valence-electron chi connectivity index (χ0n) is 8.03. The Labute approximate surface area is 101 Å². The maximum absolute atomic E-state index is 9.06. The fourth-order valence-electron chi connectivity index (χ4n) is 1.55. The average molecular weight is 318 g/mol. The predicted molar refractivity (Wildman–Crippen MR) is 65.6 cm³/mol. The van der Waals surface area contributed by atoms with Crippen molar-refractivity contribution in [2.75, 3.05) is 6.61 Å². The molecule has 0 aliphatic rings. The molecule has 0 saturated heterocycles. The molecule has 0 fully saturated rings. The quantitative estimate of drug-likeness (QED) is 0.852. The van der Waals surface area contributed by atoms with E-state index in [-0.39, 0.29) is 13.2 Å². The van der Waals surface area contributed by atoms with E-state index in [9.17, 15) is 0 Å². The van der Waals surface area contributed by atoms with Crippen molar-refractivity contribution in [2.45, 2.75) is 13.0 Å². The van der Waals surface area contributed by atoms with E-state index in [2.05, 4.69) is 22.6 Å². The summed E-state index contributed by atoms with van der Waals surface area (Å²) in [6, 6.07) is 5.71. The van der Waals surface area contributed by atoms with Crippen LogP contribution >= 0.6 is 22.6 Å². The van der Waals surface area contributed by atoms with Gasteiger partial charge in [-0.25, -0.2) is 0 Å². The van der Waals surface area contributed by atoms with Crippen LogP contribution in [0.4, 0.5) is 0 Å². The Hall–Kier alpha value is -0.590. The van der Waals surface area contributed by atoms with Crippen LogP contribution in [0.5, 0.6) is 0 Å². The number of fused-ring (bicyclic) bond motifs is 1. The molecular formula is C11H11IO3. The van der Waals surface area contributed by atoms with Gasteiger partial charge in [0.15, 0.2) is 0 Å². The number of furan rings is 1. The molecule has 4 heteroatoms. The minimum atomic E-state index is 0.0342. The number of aliphatic hydroxyl groups excluding tert-OH is 2. The van der Waals surface area contributed by atoms with Gasteiger partial charge in [-0.3, -0.25) is 0 Å². The number of benzene rings is 1. The maximum Gasteiger partial charge on any atom is 0.147 e. The molecule has 15 heavy (non-hydrogen) atoms. The van der Waals surface area contributed by atoms with E-state index < -0.39 is 0 Å². The molecule has 0 aliphatic carbocycles. The van der Waals surface area contributed by atoms with Crippen LogP contribution in [0.25, 0.3) is 11.0 Å². The van der Waals surface area contributed by atoms with Crippen molar-refractivity contribution in [3.05, 3.63) is 33.1 Å². The van der Waals surface area contributed by atoms with Gasteiger partial charge < -0.3 is 14.6 Å². The summed E-state index contributed by atoms with van der Waals surface area (Å²) in [5, 5.41) is 18.9. The predicted octanol–water partition coefficient (Wildman–Crippen LogP) is 2.06. The lowest BCUT2D eigenvalue weighted by molar-refractivity contribution is 0.282. The lowest BCUT2D eigenvalue weighted by atomic mass is 10.1. The van der Waals surface area contributed by atoms with Gasteiger partial charge in [0.2, 0.25) is 0 Å². The van der Waals surface area contributed by atoms with Crippen molar-refractivity contribution in [2.24, 2.45) is 0 Å². The van der Waals surface area contributed by atoms with Gasteiger partial charge in [0.05, 0.1) is 16.8 Å². The van der Waals surface area contributed by atoms with Crippen LogP contribution in [0.1, 0.15) is 11.3 Å². The Morgan fingerprint density at radius 2 is 2.00 bits per heavy atom. The molecule has 2 aromatic rings. The number of hydrogen-bond acceptors (Lipinski definition) is 3. The summed E-state index contributed by atoms with van der Waals surface area (Å²) < 4.78 is 6.57. The Bertz CT molecular complexity index is 476. The molecule has 0 spiro atoms. The van der Waals surface area contributed by atoms with Crippen molar-refractivity contribution in [1.29, 1.82) is 0 Å². The third-order valence-electron chi connectivity index (χ3n) is 2.22. The lowest BCUT2D eigenvalue weighted by Gasteiger charge is -1.97. The fourth-order valence-corrected chi connectivity index (χ4v) is 2.37. The third-order valence-corrected chi connectivity index (χ3v) is 3.02. The van der Waals surface area contributed by atoms with E-state index >= 15 is 0 Å². The van der Waals surface area contributed by atoms with Crippen molar-refractivity contribution >= 4 is 33.6 Å². The van der Waals surface area contributed by atoms with Crippen molar-refractivity contribution in [1.82, 2.24) is 0 Å². The van der Waals surface area contributed by atoms with Crippen molar-refractivity contribution < 1.29 is 14.6 Å². The second-order valence-electron chi connectivity index (χ2n) is 3.34. The number of rotatable bonds is 3. The molecule has 3 nitrogen and oxygen atoms in total. The lowest BCUT2D eigenvalue weighted by Crippen LogP contribution is -1.85. The van der Waals surface area contributed by atoms with E-state index in [1.807, 2.05) is 18.2 Å². The van der Waals surface area contributed by atoms with Crippen molar-refractivity contribution in [3.63, 3.8) is 0 Å². The van der Waals surface area contributed by atoms with Crippen LogP contribution in [-0.4, -0.2) is 16.8 Å². The van der Waals surface area contributed by atoms with E-state index in [1.165, 1.54) is 0 Å². The minimum Gasteiger partial charge on any atom is -0.460 e. The summed E-state index contributed by atoms with van der Waals surface area (Å²) in [4.78, 5) is 0. The van der Waals surface area contributed by atoms with E-state index in [1.54, 1.807) is 0 Å². The van der Waals surface area contributed by atoms with Gasteiger partial charge in [-0.2, -0.15) is 0 Å². The molecule has 0 bridgehead atoms. The highest BCUT2D eigenvalue weighted by Crippen LogP contribution is 2.26. The molecule has 0 saturated carbocycles. The Kier molecular flexibility index (Phi) is 3.28. The summed E-state index contributed by atoms with van der Waals surface area (Å²) in [6.45, 7) is 0.121. The van der Waals surface area contributed by atoms with Gasteiger partial charge in [-0.15, -0.1) is 0 Å². The van der Waals surface area contributed by atoms with E-state index in [0.29, 0.717) is 6.42 Å². The monoisotopic (exact) mass is 318 g/mol. The highest BCUT2D eigenvalue weighted by Gasteiger charge is 2.08. The molecule has 0 aliphatic heterocycles. The zero-order chi connectivity index (χ0) is 10.8. The van der Waals surface area contributed by atoms with Crippen LogP contribution in [0, 0.1) is 3.57 Å². The van der Waals surface area contributed by atoms with Gasteiger partial charge in [-0.1, -0.05) is 0 Å². The molecule has 0 amide bonds. The van der Waals surface area contributed by atoms with E-state index in [0.717, 1.165) is 25.9 Å². The standard InChI is InChI=1S/C11H11IO3/c12-10-4-7(6-14)3-8-5-9(1-2-13)15-11(8)10/h3-5,13-14H,1-2,6H2.